The Kier molecular flexibility index (Phi) is 3.73. The molecule has 1 aromatic carbocycles. The number of rotatable bonds is 3. The van der Waals surface area contributed by atoms with E-state index in [-0.39, 0.29) is 18.0 Å². The first-order valence-corrected chi connectivity index (χ1v) is 7.38. The lowest BCUT2D eigenvalue weighted by Gasteiger charge is -2.11. The molecular formula is C17H18N4O2. The summed E-state index contributed by atoms with van der Waals surface area (Å²) in [6, 6.07) is 9.22. The van der Waals surface area contributed by atoms with Crippen LogP contribution < -0.4 is 10.9 Å². The highest BCUT2D eigenvalue weighted by Gasteiger charge is 2.12. The van der Waals surface area contributed by atoms with Crippen LogP contribution >= 0.6 is 0 Å². The van der Waals surface area contributed by atoms with E-state index < -0.39 is 0 Å². The van der Waals surface area contributed by atoms with E-state index in [4.69, 9.17) is 0 Å². The van der Waals surface area contributed by atoms with Gasteiger partial charge >= 0.3 is 0 Å². The maximum atomic E-state index is 12.4. The molecule has 1 N–H and O–H groups in total. The largest absolute Gasteiger partial charge is 0.324 e. The van der Waals surface area contributed by atoms with Crippen molar-refractivity contribution in [3.05, 3.63) is 63.8 Å². The van der Waals surface area contributed by atoms with Gasteiger partial charge in [0.1, 0.15) is 17.9 Å². The Bertz CT molecular complexity index is 953. The number of nitrogens with one attached hydrogen (secondary N) is 1. The first-order chi connectivity index (χ1) is 11.0. The maximum absolute atomic E-state index is 12.4. The van der Waals surface area contributed by atoms with E-state index in [1.54, 1.807) is 29.7 Å². The molecule has 118 valence electrons. The van der Waals surface area contributed by atoms with Crippen molar-refractivity contribution in [3.8, 4) is 0 Å². The van der Waals surface area contributed by atoms with Crippen LogP contribution in [0.3, 0.4) is 0 Å². The van der Waals surface area contributed by atoms with Gasteiger partial charge in [-0.3, -0.25) is 14.0 Å². The minimum Gasteiger partial charge on any atom is -0.324 e. The molecular weight excluding hydrogens is 292 g/mol. The number of aryl methyl sites for hydroxylation is 2. The van der Waals surface area contributed by atoms with E-state index >= 15 is 0 Å². The number of carbonyl (C=O) groups excluding carboxylic acids is 1. The number of benzene rings is 1. The van der Waals surface area contributed by atoms with Gasteiger partial charge in [-0.1, -0.05) is 12.1 Å². The second kappa shape index (κ2) is 5.72. The van der Waals surface area contributed by atoms with Gasteiger partial charge in [0.15, 0.2) is 0 Å². The van der Waals surface area contributed by atoms with Crippen LogP contribution in [0, 0.1) is 20.8 Å². The predicted molar refractivity (Wildman–Crippen MR) is 88.7 cm³/mol. The van der Waals surface area contributed by atoms with Crippen LogP contribution in [-0.2, 0) is 11.3 Å². The molecule has 3 aromatic rings. The van der Waals surface area contributed by atoms with Gasteiger partial charge in [-0.25, -0.2) is 4.68 Å². The average Bonchev–Trinajstić information content (AvgIpc) is 2.99. The van der Waals surface area contributed by atoms with Crippen molar-refractivity contribution < 1.29 is 4.79 Å². The van der Waals surface area contributed by atoms with Gasteiger partial charge < -0.3 is 5.32 Å². The zero-order valence-electron chi connectivity index (χ0n) is 13.3. The van der Waals surface area contributed by atoms with Crippen LogP contribution in [0.15, 0.2) is 41.3 Å². The van der Waals surface area contributed by atoms with Crippen LogP contribution in [0.1, 0.15) is 17.0 Å². The minimum atomic E-state index is -0.281. The number of nitrogens with zero attached hydrogens (tertiary/aromatic N) is 3. The fraction of sp³-hybridized carbons (Fsp3) is 0.235. The van der Waals surface area contributed by atoms with Crippen LogP contribution in [0.25, 0.3) is 5.52 Å². The Morgan fingerprint density at radius 1 is 1.17 bits per heavy atom. The molecule has 0 aliphatic heterocycles. The van der Waals surface area contributed by atoms with E-state index in [1.165, 1.54) is 4.68 Å². The summed E-state index contributed by atoms with van der Waals surface area (Å²) < 4.78 is 2.91. The summed E-state index contributed by atoms with van der Waals surface area (Å²) in [6.07, 6.45) is 1.78. The molecule has 6 nitrogen and oxygen atoms in total. The Morgan fingerprint density at radius 3 is 2.74 bits per heavy atom. The second-order valence-corrected chi connectivity index (χ2v) is 5.57. The zero-order chi connectivity index (χ0) is 16.6. The molecule has 0 spiro atoms. The number of hydrogen-bond donors (Lipinski definition) is 1. The van der Waals surface area contributed by atoms with Gasteiger partial charge in [0.05, 0.1) is 0 Å². The Labute approximate surface area is 133 Å². The topological polar surface area (TPSA) is 68.4 Å². The number of fused-ring (bicyclic) bond motifs is 1. The summed E-state index contributed by atoms with van der Waals surface area (Å²) in [6.45, 7) is 5.62. The summed E-state index contributed by atoms with van der Waals surface area (Å²) in [4.78, 5) is 24.6. The van der Waals surface area contributed by atoms with Gasteiger partial charge in [-0.2, -0.15) is 5.10 Å². The monoisotopic (exact) mass is 310 g/mol. The molecule has 2 heterocycles. The zero-order valence-corrected chi connectivity index (χ0v) is 13.3. The molecule has 0 radical (unpaired) electrons. The van der Waals surface area contributed by atoms with Crippen molar-refractivity contribution in [1.29, 1.82) is 0 Å². The molecule has 0 saturated heterocycles. The van der Waals surface area contributed by atoms with E-state index in [2.05, 4.69) is 10.4 Å². The number of hydrogen-bond acceptors (Lipinski definition) is 3. The highest BCUT2D eigenvalue weighted by atomic mass is 16.2. The average molecular weight is 310 g/mol. The molecule has 6 heteroatoms. The fourth-order valence-corrected chi connectivity index (χ4v) is 2.56. The van der Waals surface area contributed by atoms with Gasteiger partial charge in [-0.05, 0) is 50.1 Å². The lowest BCUT2D eigenvalue weighted by atomic mass is 10.1. The van der Waals surface area contributed by atoms with E-state index in [1.807, 2.05) is 32.0 Å². The molecule has 0 fully saturated rings. The van der Waals surface area contributed by atoms with E-state index in [0.717, 1.165) is 16.8 Å². The highest BCUT2D eigenvalue weighted by molar-refractivity contribution is 5.91. The normalized spacial score (nSPS) is 10.9. The van der Waals surface area contributed by atoms with Gasteiger partial charge in [-0.15, -0.1) is 0 Å². The van der Waals surface area contributed by atoms with Crippen LogP contribution in [-0.4, -0.2) is 20.1 Å². The maximum Gasteiger partial charge on any atom is 0.291 e. The molecule has 0 unspecified atom stereocenters. The molecule has 0 aliphatic rings. The summed E-state index contributed by atoms with van der Waals surface area (Å²) in [5, 5.41) is 7.04. The smallest absolute Gasteiger partial charge is 0.291 e. The molecule has 0 aliphatic carbocycles. The van der Waals surface area contributed by atoms with Crippen LogP contribution in [0.2, 0.25) is 0 Å². The first-order valence-electron chi connectivity index (χ1n) is 7.38. The number of anilines is 1. The molecule has 3 rings (SSSR count). The standard InChI is InChI=1S/C17H18N4O2/c1-11-6-4-7-14(12(11)2)18-16(22)10-21-17(23)15-8-5-9-20(15)13(3)19-21/h4-9H,10H2,1-3H3,(H,18,22). The molecule has 23 heavy (non-hydrogen) atoms. The number of aromatic nitrogens is 3. The van der Waals surface area contributed by atoms with Gasteiger partial charge in [0, 0.05) is 11.9 Å². The summed E-state index contributed by atoms with van der Waals surface area (Å²) in [5.41, 5.74) is 3.10. The fourth-order valence-electron chi connectivity index (χ4n) is 2.56. The SMILES string of the molecule is Cc1cccc(NC(=O)Cn2nc(C)n3cccc3c2=O)c1C. The highest BCUT2D eigenvalue weighted by Crippen LogP contribution is 2.17. The second-order valence-electron chi connectivity index (χ2n) is 5.57. The third-order valence-corrected chi connectivity index (χ3v) is 3.99. The lowest BCUT2D eigenvalue weighted by molar-refractivity contribution is -0.117. The Balaban J connectivity index is 1.87. The number of amides is 1. The van der Waals surface area contributed by atoms with Gasteiger partial charge in [0.2, 0.25) is 5.91 Å². The van der Waals surface area contributed by atoms with E-state index in [0.29, 0.717) is 11.3 Å². The molecule has 0 bridgehead atoms. The third kappa shape index (κ3) is 2.75. The first kappa shape index (κ1) is 15.0. The Hall–Kier alpha value is -2.89. The minimum absolute atomic E-state index is 0.116. The summed E-state index contributed by atoms with van der Waals surface area (Å²) in [7, 11) is 0. The molecule has 0 atom stereocenters. The van der Waals surface area contributed by atoms with Crippen molar-refractivity contribution in [2.45, 2.75) is 27.3 Å². The van der Waals surface area contributed by atoms with Crippen molar-refractivity contribution in [3.63, 3.8) is 0 Å². The lowest BCUT2D eigenvalue weighted by Crippen LogP contribution is -2.31. The van der Waals surface area contributed by atoms with Gasteiger partial charge in [0.25, 0.3) is 5.56 Å². The van der Waals surface area contributed by atoms with Crippen LogP contribution in [0.5, 0.6) is 0 Å². The van der Waals surface area contributed by atoms with Crippen molar-refractivity contribution >= 4 is 17.1 Å². The molecule has 1 amide bonds. The summed E-state index contributed by atoms with van der Waals surface area (Å²) >= 11 is 0. The van der Waals surface area contributed by atoms with Crippen molar-refractivity contribution in [1.82, 2.24) is 14.2 Å². The van der Waals surface area contributed by atoms with Crippen molar-refractivity contribution in [2.24, 2.45) is 0 Å². The molecule has 0 saturated carbocycles. The van der Waals surface area contributed by atoms with Crippen LogP contribution in [0.4, 0.5) is 5.69 Å². The quantitative estimate of drug-likeness (QED) is 0.805. The Morgan fingerprint density at radius 2 is 1.96 bits per heavy atom. The van der Waals surface area contributed by atoms with Crippen molar-refractivity contribution in [2.75, 3.05) is 5.32 Å². The third-order valence-electron chi connectivity index (χ3n) is 3.99. The number of carbonyl (C=O) groups is 1. The summed E-state index contributed by atoms with van der Waals surface area (Å²) in [5.74, 6) is 0.382. The van der Waals surface area contributed by atoms with E-state index in [9.17, 15) is 9.59 Å². The predicted octanol–water partition coefficient (Wildman–Crippen LogP) is 2.06. The molecule has 2 aromatic heterocycles.